The van der Waals surface area contributed by atoms with Crippen molar-refractivity contribution in [2.75, 3.05) is 6.61 Å². The maximum absolute atomic E-state index is 12.1. The predicted molar refractivity (Wildman–Crippen MR) is 81.9 cm³/mol. The van der Waals surface area contributed by atoms with Gasteiger partial charge in [-0.2, -0.15) is 5.10 Å². The van der Waals surface area contributed by atoms with E-state index in [2.05, 4.69) is 10.4 Å². The molecule has 1 unspecified atom stereocenters. The molecule has 2 aromatic rings. The van der Waals surface area contributed by atoms with Crippen LogP contribution in [0.1, 0.15) is 29.5 Å². The highest BCUT2D eigenvalue weighted by atomic mass is 35.5. The van der Waals surface area contributed by atoms with Gasteiger partial charge in [-0.15, -0.1) is 0 Å². The molecular formula is C15H18ClN3O2. The molecular weight excluding hydrogens is 290 g/mol. The van der Waals surface area contributed by atoms with Crippen LogP contribution in [0.15, 0.2) is 30.3 Å². The highest BCUT2D eigenvalue weighted by Gasteiger charge is 2.16. The molecule has 0 aliphatic carbocycles. The van der Waals surface area contributed by atoms with E-state index in [4.69, 9.17) is 16.7 Å². The summed E-state index contributed by atoms with van der Waals surface area (Å²) in [5, 5.41) is 16.8. The molecule has 0 saturated carbocycles. The third-order valence-electron chi connectivity index (χ3n) is 3.22. The number of aromatic nitrogens is 2. The summed E-state index contributed by atoms with van der Waals surface area (Å²) in [5.41, 5.74) is 1.95. The SMILES string of the molecule is CCC(CO)NC(=O)c1cc(C)n(-c2cccc(Cl)c2)n1. The Bertz CT molecular complexity index is 636. The van der Waals surface area contributed by atoms with Crippen LogP contribution < -0.4 is 5.32 Å². The lowest BCUT2D eigenvalue weighted by Crippen LogP contribution is -2.37. The zero-order chi connectivity index (χ0) is 15.4. The Kier molecular flexibility index (Phi) is 4.98. The van der Waals surface area contributed by atoms with Crippen molar-refractivity contribution in [2.24, 2.45) is 0 Å². The minimum atomic E-state index is -0.292. The Hall–Kier alpha value is -1.85. The number of aryl methyl sites for hydroxylation is 1. The van der Waals surface area contributed by atoms with E-state index in [0.717, 1.165) is 11.4 Å². The standard InChI is InChI=1S/C15H18ClN3O2/c1-3-12(9-20)17-15(21)14-7-10(2)19(18-14)13-6-4-5-11(16)8-13/h4-8,12,20H,3,9H2,1-2H3,(H,17,21). The molecule has 0 bridgehead atoms. The first-order chi connectivity index (χ1) is 10.0. The maximum Gasteiger partial charge on any atom is 0.272 e. The van der Waals surface area contributed by atoms with Gasteiger partial charge in [0.25, 0.3) is 5.91 Å². The second-order valence-electron chi connectivity index (χ2n) is 4.82. The number of halogens is 1. The Morgan fingerprint density at radius 3 is 2.86 bits per heavy atom. The number of amides is 1. The number of aliphatic hydroxyl groups is 1. The van der Waals surface area contributed by atoms with Crippen LogP contribution >= 0.6 is 11.6 Å². The number of nitrogens with one attached hydrogen (secondary N) is 1. The molecule has 0 fully saturated rings. The average molecular weight is 308 g/mol. The molecule has 21 heavy (non-hydrogen) atoms. The molecule has 1 heterocycles. The van der Waals surface area contributed by atoms with E-state index < -0.39 is 0 Å². The first-order valence-corrected chi connectivity index (χ1v) is 7.17. The highest BCUT2D eigenvalue weighted by molar-refractivity contribution is 6.30. The molecule has 0 spiro atoms. The largest absolute Gasteiger partial charge is 0.394 e. The van der Waals surface area contributed by atoms with Gasteiger partial charge in [0.2, 0.25) is 0 Å². The van der Waals surface area contributed by atoms with Crippen LogP contribution in [-0.2, 0) is 0 Å². The predicted octanol–water partition coefficient (Wildman–Crippen LogP) is 2.33. The fraction of sp³-hybridized carbons (Fsp3) is 0.333. The van der Waals surface area contributed by atoms with Crippen molar-refractivity contribution in [2.45, 2.75) is 26.3 Å². The van der Waals surface area contributed by atoms with E-state index >= 15 is 0 Å². The number of benzene rings is 1. The number of rotatable bonds is 5. The molecule has 5 nitrogen and oxygen atoms in total. The van der Waals surface area contributed by atoms with Gasteiger partial charge in [-0.1, -0.05) is 24.6 Å². The normalized spacial score (nSPS) is 12.2. The summed E-state index contributed by atoms with van der Waals surface area (Å²) < 4.78 is 1.67. The van der Waals surface area contributed by atoms with Crippen molar-refractivity contribution in [1.82, 2.24) is 15.1 Å². The number of aliphatic hydroxyl groups excluding tert-OH is 1. The van der Waals surface area contributed by atoms with Crippen molar-refractivity contribution in [1.29, 1.82) is 0 Å². The summed E-state index contributed by atoms with van der Waals surface area (Å²) in [6.07, 6.45) is 0.663. The minimum absolute atomic E-state index is 0.0871. The highest BCUT2D eigenvalue weighted by Crippen LogP contribution is 2.16. The summed E-state index contributed by atoms with van der Waals surface area (Å²) in [6.45, 7) is 3.68. The minimum Gasteiger partial charge on any atom is -0.394 e. The molecule has 2 N–H and O–H groups in total. The first kappa shape index (κ1) is 15.5. The van der Waals surface area contributed by atoms with Crippen molar-refractivity contribution < 1.29 is 9.90 Å². The van der Waals surface area contributed by atoms with Crippen molar-refractivity contribution >= 4 is 17.5 Å². The quantitative estimate of drug-likeness (QED) is 0.891. The molecule has 1 atom stereocenters. The van der Waals surface area contributed by atoms with Gasteiger partial charge < -0.3 is 10.4 Å². The maximum atomic E-state index is 12.1. The van der Waals surface area contributed by atoms with Crippen LogP contribution in [-0.4, -0.2) is 33.4 Å². The summed E-state index contributed by atoms with van der Waals surface area (Å²) in [5.74, 6) is -0.292. The topological polar surface area (TPSA) is 67.2 Å². The fourth-order valence-electron chi connectivity index (χ4n) is 1.99. The van der Waals surface area contributed by atoms with Gasteiger partial charge in [0.15, 0.2) is 5.69 Å². The van der Waals surface area contributed by atoms with E-state index in [1.165, 1.54) is 0 Å². The summed E-state index contributed by atoms with van der Waals surface area (Å²) in [4.78, 5) is 12.1. The van der Waals surface area contributed by atoms with Crippen LogP contribution in [0.5, 0.6) is 0 Å². The van der Waals surface area contributed by atoms with E-state index in [1.807, 2.05) is 26.0 Å². The Morgan fingerprint density at radius 1 is 1.48 bits per heavy atom. The third kappa shape index (κ3) is 3.62. The number of carbonyl (C=O) groups is 1. The van der Waals surface area contributed by atoms with Crippen molar-refractivity contribution in [3.05, 3.63) is 46.7 Å². The van der Waals surface area contributed by atoms with Crippen LogP contribution in [0.2, 0.25) is 5.02 Å². The van der Waals surface area contributed by atoms with Gasteiger partial charge in [-0.3, -0.25) is 4.79 Å². The van der Waals surface area contributed by atoms with Crippen LogP contribution in [0.25, 0.3) is 5.69 Å². The summed E-state index contributed by atoms with van der Waals surface area (Å²) >= 11 is 5.97. The van der Waals surface area contributed by atoms with Gasteiger partial charge in [-0.05, 0) is 37.6 Å². The molecule has 0 saturated heterocycles. The van der Waals surface area contributed by atoms with Gasteiger partial charge in [0.05, 0.1) is 18.3 Å². The van der Waals surface area contributed by atoms with E-state index in [1.54, 1.807) is 22.9 Å². The smallest absolute Gasteiger partial charge is 0.272 e. The zero-order valence-corrected chi connectivity index (χ0v) is 12.8. The molecule has 6 heteroatoms. The molecule has 0 aliphatic heterocycles. The Labute approximate surface area is 128 Å². The van der Waals surface area contributed by atoms with Crippen molar-refractivity contribution in [3.8, 4) is 5.69 Å². The monoisotopic (exact) mass is 307 g/mol. The molecule has 112 valence electrons. The number of carbonyl (C=O) groups excluding carboxylic acids is 1. The van der Waals surface area contributed by atoms with E-state index in [9.17, 15) is 4.79 Å². The molecule has 0 radical (unpaired) electrons. The Morgan fingerprint density at radius 2 is 2.24 bits per heavy atom. The third-order valence-corrected chi connectivity index (χ3v) is 3.46. The lowest BCUT2D eigenvalue weighted by atomic mass is 10.2. The van der Waals surface area contributed by atoms with Gasteiger partial charge >= 0.3 is 0 Å². The summed E-state index contributed by atoms with van der Waals surface area (Å²) in [7, 11) is 0. The average Bonchev–Trinajstić information content (AvgIpc) is 2.86. The molecule has 1 amide bonds. The number of hydrogen-bond acceptors (Lipinski definition) is 3. The van der Waals surface area contributed by atoms with Gasteiger partial charge in [-0.25, -0.2) is 4.68 Å². The second-order valence-corrected chi connectivity index (χ2v) is 5.26. The first-order valence-electron chi connectivity index (χ1n) is 6.79. The molecule has 1 aromatic heterocycles. The second kappa shape index (κ2) is 6.74. The number of nitrogens with zero attached hydrogens (tertiary/aromatic N) is 2. The lowest BCUT2D eigenvalue weighted by molar-refractivity contribution is 0.0909. The van der Waals surface area contributed by atoms with Crippen LogP contribution in [0.3, 0.4) is 0 Å². The van der Waals surface area contributed by atoms with E-state index in [-0.39, 0.29) is 18.6 Å². The van der Waals surface area contributed by atoms with Gasteiger partial charge in [0.1, 0.15) is 0 Å². The molecule has 1 aromatic carbocycles. The molecule has 2 rings (SSSR count). The summed E-state index contributed by atoms with van der Waals surface area (Å²) in [6, 6.07) is 8.72. The van der Waals surface area contributed by atoms with Crippen LogP contribution in [0.4, 0.5) is 0 Å². The van der Waals surface area contributed by atoms with Crippen molar-refractivity contribution in [3.63, 3.8) is 0 Å². The van der Waals surface area contributed by atoms with Crippen LogP contribution in [0, 0.1) is 6.92 Å². The lowest BCUT2D eigenvalue weighted by Gasteiger charge is -2.12. The zero-order valence-electron chi connectivity index (χ0n) is 12.0. The van der Waals surface area contributed by atoms with Gasteiger partial charge in [0, 0.05) is 10.7 Å². The Balaban J connectivity index is 2.25. The fourth-order valence-corrected chi connectivity index (χ4v) is 2.18. The number of hydrogen-bond donors (Lipinski definition) is 2. The molecule has 0 aliphatic rings. The van der Waals surface area contributed by atoms with E-state index in [0.29, 0.717) is 17.1 Å².